The van der Waals surface area contributed by atoms with Gasteiger partial charge in [0.15, 0.2) is 0 Å². The summed E-state index contributed by atoms with van der Waals surface area (Å²) in [5.41, 5.74) is 12.5. The van der Waals surface area contributed by atoms with Gasteiger partial charge < -0.3 is 42.7 Å². The van der Waals surface area contributed by atoms with Crippen LogP contribution in [0, 0.1) is 0 Å². The first-order valence-corrected chi connectivity index (χ1v) is 12.7. The van der Waals surface area contributed by atoms with Crippen molar-refractivity contribution >= 4 is 23.7 Å². The van der Waals surface area contributed by atoms with E-state index in [1.807, 2.05) is 0 Å². The zero-order chi connectivity index (χ0) is 28.9. The van der Waals surface area contributed by atoms with Crippen LogP contribution in [0.4, 0.5) is 0 Å². The van der Waals surface area contributed by atoms with Crippen LogP contribution in [0.2, 0.25) is 0 Å². The molecule has 0 fully saturated rings. The van der Waals surface area contributed by atoms with Gasteiger partial charge in [-0.1, -0.05) is 30.7 Å². The summed E-state index contributed by atoms with van der Waals surface area (Å²) in [6.07, 6.45) is 1.71. The van der Waals surface area contributed by atoms with Crippen molar-refractivity contribution in [3.8, 4) is 11.5 Å². The molecule has 2 aromatic rings. The lowest BCUT2D eigenvalue weighted by Crippen LogP contribution is -2.57. The van der Waals surface area contributed by atoms with Crippen LogP contribution in [-0.4, -0.2) is 69.7 Å². The van der Waals surface area contributed by atoms with Crippen LogP contribution in [0.5, 0.6) is 11.5 Å². The first-order chi connectivity index (χ1) is 18.5. The number of aromatic hydroxyl groups is 2. The Morgan fingerprint density at radius 2 is 1.23 bits per heavy atom. The number of benzene rings is 2. The molecule has 4 unspecified atom stereocenters. The molecule has 4 atom stereocenters. The Kier molecular flexibility index (Phi) is 12.2. The number of aliphatic carboxylic acids is 1. The van der Waals surface area contributed by atoms with E-state index in [1.165, 1.54) is 43.3 Å². The van der Waals surface area contributed by atoms with E-state index in [2.05, 4.69) is 16.0 Å². The maximum absolute atomic E-state index is 13.2. The van der Waals surface area contributed by atoms with Gasteiger partial charge in [-0.15, -0.1) is 0 Å². The Balaban J connectivity index is 2.13. The smallest absolute Gasteiger partial charge is 0.326 e. The minimum absolute atomic E-state index is 0.0112. The first-order valence-electron chi connectivity index (χ1n) is 12.7. The number of hydrogen-bond acceptors (Lipinski definition) is 8. The van der Waals surface area contributed by atoms with Crippen LogP contribution in [0.25, 0.3) is 0 Å². The number of phenols is 2. The molecule has 212 valence electrons. The summed E-state index contributed by atoms with van der Waals surface area (Å²) < 4.78 is 0. The van der Waals surface area contributed by atoms with Gasteiger partial charge in [0.05, 0.1) is 6.04 Å². The number of amides is 3. The number of unbranched alkanes of at least 4 members (excludes halogenated alkanes) is 1. The number of nitrogens with one attached hydrogen (secondary N) is 3. The molecule has 0 saturated heterocycles. The molecule has 0 bridgehead atoms. The SMILES string of the molecule is CC(NC(=O)C(N)CCCCN)C(=O)NC(Cc1ccc(O)cc1)C(=O)NC(Cc1ccc(O)cc1)C(=O)O. The number of hydrogen-bond donors (Lipinski definition) is 8. The Hall–Kier alpha value is -4.16. The third kappa shape index (κ3) is 10.6. The van der Waals surface area contributed by atoms with Crippen LogP contribution >= 0.6 is 0 Å². The molecule has 3 amide bonds. The molecule has 0 aliphatic carbocycles. The molecule has 0 aliphatic rings. The van der Waals surface area contributed by atoms with Crippen LogP contribution < -0.4 is 27.4 Å². The Bertz CT molecular complexity index is 1110. The fraction of sp³-hybridized carbons (Fsp3) is 0.407. The van der Waals surface area contributed by atoms with Crippen LogP contribution in [-0.2, 0) is 32.0 Å². The predicted molar refractivity (Wildman–Crippen MR) is 144 cm³/mol. The molecule has 39 heavy (non-hydrogen) atoms. The molecule has 0 saturated carbocycles. The highest BCUT2D eigenvalue weighted by atomic mass is 16.4. The lowest BCUT2D eigenvalue weighted by atomic mass is 10.0. The standard InChI is InChI=1S/C27H37N5O7/c1-16(30-25(36)21(29)4-2-3-13-28)24(35)31-22(14-17-5-9-19(33)10-6-17)26(37)32-23(27(38)39)15-18-7-11-20(34)12-8-18/h5-12,16,21-23,33-34H,2-4,13-15,28-29H2,1H3,(H,30,36)(H,31,35)(H,32,37)(H,38,39). The summed E-state index contributed by atoms with van der Waals surface area (Å²) in [5, 5.41) is 36.3. The monoisotopic (exact) mass is 543 g/mol. The molecule has 10 N–H and O–H groups in total. The van der Waals surface area contributed by atoms with Crippen LogP contribution in [0.1, 0.15) is 37.3 Å². The molecule has 0 spiro atoms. The maximum Gasteiger partial charge on any atom is 0.326 e. The lowest BCUT2D eigenvalue weighted by Gasteiger charge is -2.24. The van der Waals surface area contributed by atoms with Gasteiger partial charge in [0, 0.05) is 12.8 Å². The number of phenolic OH excluding ortho intramolecular Hbond substituents is 2. The Labute approximate surface area is 226 Å². The van der Waals surface area contributed by atoms with Gasteiger partial charge in [-0.05, 0) is 61.7 Å². The highest BCUT2D eigenvalue weighted by Crippen LogP contribution is 2.14. The van der Waals surface area contributed by atoms with E-state index in [0.717, 1.165) is 6.42 Å². The first kappa shape index (κ1) is 31.1. The largest absolute Gasteiger partial charge is 0.508 e. The van der Waals surface area contributed by atoms with Crippen molar-refractivity contribution in [3.05, 3.63) is 59.7 Å². The third-order valence-corrected chi connectivity index (χ3v) is 6.06. The zero-order valence-electron chi connectivity index (χ0n) is 21.8. The molecule has 0 radical (unpaired) electrons. The van der Waals surface area contributed by atoms with Crippen LogP contribution in [0.15, 0.2) is 48.5 Å². The predicted octanol–water partition coefficient (Wildman–Crippen LogP) is -0.102. The second-order valence-corrected chi connectivity index (χ2v) is 9.32. The summed E-state index contributed by atoms with van der Waals surface area (Å²) in [4.78, 5) is 50.4. The van der Waals surface area contributed by atoms with Gasteiger partial charge in [-0.25, -0.2) is 4.79 Å². The van der Waals surface area contributed by atoms with Gasteiger partial charge >= 0.3 is 5.97 Å². The highest BCUT2D eigenvalue weighted by molar-refractivity contribution is 5.94. The van der Waals surface area contributed by atoms with Crippen molar-refractivity contribution in [2.45, 2.75) is 63.2 Å². The Morgan fingerprint density at radius 3 is 1.72 bits per heavy atom. The molecule has 12 nitrogen and oxygen atoms in total. The summed E-state index contributed by atoms with van der Waals surface area (Å²) >= 11 is 0. The van der Waals surface area contributed by atoms with Crippen LogP contribution in [0.3, 0.4) is 0 Å². The van der Waals surface area contributed by atoms with Gasteiger partial charge in [0.25, 0.3) is 0 Å². The molecule has 0 heterocycles. The van der Waals surface area contributed by atoms with Gasteiger partial charge in [-0.2, -0.15) is 0 Å². The molecule has 0 aromatic heterocycles. The van der Waals surface area contributed by atoms with Crippen molar-refractivity contribution in [1.29, 1.82) is 0 Å². The molecule has 0 aliphatic heterocycles. The van der Waals surface area contributed by atoms with E-state index >= 15 is 0 Å². The molecular weight excluding hydrogens is 506 g/mol. The summed E-state index contributed by atoms with van der Waals surface area (Å²) in [6.45, 7) is 1.93. The van der Waals surface area contributed by atoms with Crippen molar-refractivity contribution in [3.63, 3.8) is 0 Å². The second-order valence-electron chi connectivity index (χ2n) is 9.32. The number of rotatable bonds is 15. The minimum Gasteiger partial charge on any atom is -0.508 e. The number of nitrogens with two attached hydrogens (primary N) is 2. The number of carboxylic acid groups (broad SMARTS) is 1. The van der Waals surface area contributed by atoms with Crippen molar-refractivity contribution in [1.82, 2.24) is 16.0 Å². The molecule has 12 heteroatoms. The second kappa shape index (κ2) is 15.3. The summed E-state index contributed by atoms with van der Waals surface area (Å²) in [5.74, 6) is -3.18. The fourth-order valence-corrected chi connectivity index (χ4v) is 3.74. The van der Waals surface area contributed by atoms with E-state index in [0.29, 0.717) is 30.5 Å². The van der Waals surface area contributed by atoms with E-state index in [4.69, 9.17) is 11.5 Å². The third-order valence-electron chi connectivity index (χ3n) is 6.06. The lowest BCUT2D eigenvalue weighted by molar-refractivity contribution is -0.142. The number of carbonyl (C=O) groups excluding carboxylic acids is 3. The summed E-state index contributed by atoms with van der Waals surface area (Å²) in [6, 6.07) is 7.52. The topological polar surface area (TPSA) is 217 Å². The average molecular weight is 544 g/mol. The van der Waals surface area contributed by atoms with Crippen molar-refractivity contribution < 1.29 is 34.5 Å². The van der Waals surface area contributed by atoms with Gasteiger partial charge in [-0.3, -0.25) is 14.4 Å². The maximum atomic E-state index is 13.2. The van der Waals surface area contributed by atoms with Gasteiger partial charge in [0.2, 0.25) is 17.7 Å². The number of carboxylic acids is 1. The normalized spacial score (nSPS) is 13.9. The van der Waals surface area contributed by atoms with E-state index in [-0.39, 0.29) is 24.3 Å². The van der Waals surface area contributed by atoms with E-state index in [9.17, 15) is 34.5 Å². The summed E-state index contributed by atoms with van der Waals surface area (Å²) in [7, 11) is 0. The average Bonchev–Trinajstić information content (AvgIpc) is 2.90. The van der Waals surface area contributed by atoms with E-state index < -0.39 is 47.9 Å². The number of carbonyl (C=O) groups is 4. The van der Waals surface area contributed by atoms with Crippen molar-refractivity contribution in [2.75, 3.05) is 6.54 Å². The zero-order valence-corrected chi connectivity index (χ0v) is 21.8. The fourth-order valence-electron chi connectivity index (χ4n) is 3.74. The highest BCUT2D eigenvalue weighted by Gasteiger charge is 2.29. The van der Waals surface area contributed by atoms with Crippen molar-refractivity contribution in [2.24, 2.45) is 11.5 Å². The van der Waals surface area contributed by atoms with E-state index in [1.54, 1.807) is 12.1 Å². The molecular formula is C27H37N5O7. The Morgan fingerprint density at radius 1 is 0.744 bits per heavy atom. The molecule has 2 aromatic carbocycles. The molecule has 2 rings (SSSR count). The quantitative estimate of drug-likeness (QED) is 0.140. The van der Waals surface area contributed by atoms with Gasteiger partial charge in [0.1, 0.15) is 29.6 Å². The minimum atomic E-state index is -1.31.